The number of halogens is 2. The molecule has 0 saturated heterocycles. The molecule has 0 unspecified atom stereocenters. The molecule has 0 spiro atoms. The van der Waals surface area contributed by atoms with E-state index in [-0.39, 0.29) is 5.84 Å². The van der Waals surface area contributed by atoms with Gasteiger partial charge >= 0.3 is 0 Å². The summed E-state index contributed by atoms with van der Waals surface area (Å²) in [6, 6.07) is 5.32. The van der Waals surface area contributed by atoms with E-state index in [1.54, 1.807) is 29.1 Å². The van der Waals surface area contributed by atoms with Crippen molar-refractivity contribution in [2.24, 2.45) is 10.9 Å². The number of oxime groups is 1. The highest BCUT2D eigenvalue weighted by Crippen LogP contribution is 2.21. The highest BCUT2D eigenvalue weighted by Gasteiger charge is 2.10. The van der Waals surface area contributed by atoms with E-state index in [1.807, 2.05) is 0 Å². The van der Waals surface area contributed by atoms with Crippen LogP contribution in [0.25, 0.3) is 5.69 Å². The minimum atomic E-state index is 0.0131. The lowest BCUT2D eigenvalue weighted by Crippen LogP contribution is -2.16. The zero-order chi connectivity index (χ0) is 12.4. The molecule has 0 radical (unpaired) electrons. The first kappa shape index (κ1) is 11.9. The van der Waals surface area contributed by atoms with Gasteiger partial charge in [0.05, 0.1) is 16.9 Å². The van der Waals surface area contributed by atoms with Crippen molar-refractivity contribution in [3.8, 4) is 5.69 Å². The Morgan fingerprint density at radius 1 is 1.53 bits per heavy atom. The lowest BCUT2D eigenvalue weighted by atomic mass is 10.1. The maximum absolute atomic E-state index is 8.73. The van der Waals surface area contributed by atoms with E-state index in [0.717, 1.165) is 4.47 Å². The van der Waals surface area contributed by atoms with E-state index in [4.69, 9.17) is 22.5 Å². The van der Waals surface area contributed by atoms with Crippen molar-refractivity contribution in [2.45, 2.75) is 0 Å². The molecule has 0 saturated carbocycles. The minimum Gasteiger partial charge on any atom is -0.409 e. The number of hydrogen-bond acceptors (Lipinski definition) is 3. The predicted molar refractivity (Wildman–Crippen MR) is 68.8 cm³/mol. The molecule has 0 bridgehead atoms. The van der Waals surface area contributed by atoms with Crippen LogP contribution in [0.15, 0.2) is 40.2 Å². The zero-order valence-electron chi connectivity index (χ0n) is 8.51. The van der Waals surface area contributed by atoms with Crippen molar-refractivity contribution in [2.75, 3.05) is 0 Å². The van der Waals surface area contributed by atoms with Crippen molar-refractivity contribution in [1.29, 1.82) is 0 Å². The average Bonchev–Trinajstić information content (AvgIpc) is 2.75. The summed E-state index contributed by atoms with van der Waals surface area (Å²) < 4.78 is 2.41. The largest absolute Gasteiger partial charge is 0.409 e. The number of benzene rings is 1. The van der Waals surface area contributed by atoms with Crippen LogP contribution in [0.3, 0.4) is 0 Å². The van der Waals surface area contributed by atoms with Gasteiger partial charge in [0, 0.05) is 16.2 Å². The molecule has 1 heterocycles. The fourth-order valence-corrected chi connectivity index (χ4v) is 1.88. The second kappa shape index (κ2) is 4.77. The first-order valence-electron chi connectivity index (χ1n) is 4.60. The molecule has 17 heavy (non-hydrogen) atoms. The maximum atomic E-state index is 8.73. The molecular weight excluding hydrogens is 307 g/mol. The number of aromatic nitrogens is 2. The molecule has 2 rings (SSSR count). The first-order valence-corrected chi connectivity index (χ1v) is 5.77. The molecule has 5 nitrogen and oxygen atoms in total. The molecule has 3 N–H and O–H groups in total. The van der Waals surface area contributed by atoms with E-state index < -0.39 is 0 Å². The highest BCUT2D eigenvalue weighted by atomic mass is 79.9. The first-order chi connectivity index (χ1) is 8.11. The lowest BCUT2D eigenvalue weighted by Gasteiger charge is -2.08. The van der Waals surface area contributed by atoms with Crippen molar-refractivity contribution in [3.05, 3.63) is 45.7 Å². The third kappa shape index (κ3) is 2.42. The molecule has 0 amide bonds. The SMILES string of the molecule is N/C(=N/O)c1ccc(Br)cc1-n1cc(Cl)cn1. The van der Waals surface area contributed by atoms with Crippen LogP contribution in [-0.4, -0.2) is 20.8 Å². The molecule has 0 aliphatic heterocycles. The normalized spacial score (nSPS) is 11.8. The summed E-state index contributed by atoms with van der Waals surface area (Å²) in [6.07, 6.45) is 3.15. The second-order valence-electron chi connectivity index (χ2n) is 3.25. The zero-order valence-corrected chi connectivity index (χ0v) is 10.9. The third-order valence-electron chi connectivity index (χ3n) is 2.14. The van der Waals surface area contributed by atoms with Crippen LogP contribution in [0.1, 0.15) is 5.56 Å². The van der Waals surface area contributed by atoms with Gasteiger partial charge in [-0.05, 0) is 18.2 Å². The predicted octanol–water partition coefficient (Wildman–Crippen LogP) is 2.38. The second-order valence-corrected chi connectivity index (χ2v) is 4.60. The number of hydrogen-bond donors (Lipinski definition) is 2. The van der Waals surface area contributed by atoms with Crippen LogP contribution in [0, 0.1) is 0 Å². The Labute approximate surface area is 111 Å². The summed E-state index contributed by atoms with van der Waals surface area (Å²) in [5.74, 6) is 0.0131. The lowest BCUT2D eigenvalue weighted by molar-refractivity contribution is 0.318. The summed E-state index contributed by atoms with van der Waals surface area (Å²) in [7, 11) is 0. The Kier molecular flexibility index (Phi) is 3.35. The molecule has 1 aromatic carbocycles. The summed E-state index contributed by atoms with van der Waals surface area (Å²) >= 11 is 9.16. The van der Waals surface area contributed by atoms with Crippen molar-refractivity contribution in [3.63, 3.8) is 0 Å². The number of nitrogens with zero attached hydrogens (tertiary/aromatic N) is 3. The molecule has 0 aliphatic rings. The number of amidine groups is 1. The molecule has 1 aromatic heterocycles. The summed E-state index contributed by atoms with van der Waals surface area (Å²) in [5.41, 5.74) is 6.83. The van der Waals surface area contributed by atoms with E-state index in [1.165, 1.54) is 6.20 Å². The van der Waals surface area contributed by atoms with Crippen LogP contribution in [-0.2, 0) is 0 Å². The minimum absolute atomic E-state index is 0.0131. The number of nitrogens with two attached hydrogens (primary N) is 1. The van der Waals surface area contributed by atoms with Crippen LogP contribution in [0.2, 0.25) is 5.02 Å². The van der Waals surface area contributed by atoms with Gasteiger partial charge in [0.15, 0.2) is 5.84 Å². The van der Waals surface area contributed by atoms with E-state index in [9.17, 15) is 0 Å². The van der Waals surface area contributed by atoms with Crippen LogP contribution >= 0.6 is 27.5 Å². The Hall–Kier alpha value is -1.53. The number of rotatable bonds is 2. The van der Waals surface area contributed by atoms with Gasteiger partial charge in [0.2, 0.25) is 0 Å². The molecule has 0 fully saturated rings. The van der Waals surface area contributed by atoms with E-state index >= 15 is 0 Å². The monoisotopic (exact) mass is 314 g/mol. The van der Waals surface area contributed by atoms with Crippen LogP contribution in [0.4, 0.5) is 0 Å². The van der Waals surface area contributed by atoms with E-state index in [2.05, 4.69) is 26.2 Å². The topological polar surface area (TPSA) is 76.4 Å². The maximum Gasteiger partial charge on any atom is 0.172 e. The van der Waals surface area contributed by atoms with E-state index in [0.29, 0.717) is 16.3 Å². The third-order valence-corrected chi connectivity index (χ3v) is 2.83. The van der Waals surface area contributed by atoms with Gasteiger partial charge in [-0.1, -0.05) is 32.7 Å². The van der Waals surface area contributed by atoms with Gasteiger partial charge in [0.25, 0.3) is 0 Å². The Morgan fingerprint density at radius 2 is 2.29 bits per heavy atom. The van der Waals surface area contributed by atoms with Crippen molar-refractivity contribution < 1.29 is 5.21 Å². The van der Waals surface area contributed by atoms with Crippen LogP contribution < -0.4 is 5.73 Å². The van der Waals surface area contributed by atoms with Gasteiger partial charge in [-0.25, -0.2) is 4.68 Å². The van der Waals surface area contributed by atoms with Gasteiger partial charge in [0.1, 0.15) is 0 Å². The summed E-state index contributed by atoms with van der Waals surface area (Å²) in [4.78, 5) is 0. The van der Waals surface area contributed by atoms with Gasteiger partial charge < -0.3 is 10.9 Å². The van der Waals surface area contributed by atoms with Crippen molar-refractivity contribution >= 4 is 33.4 Å². The molecule has 2 aromatic rings. The molecule has 0 atom stereocenters. The quantitative estimate of drug-likeness (QED) is 0.387. The average molecular weight is 316 g/mol. The molecule has 88 valence electrons. The molecule has 0 aliphatic carbocycles. The van der Waals surface area contributed by atoms with Gasteiger partial charge in [-0.3, -0.25) is 0 Å². The molecular formula is C10H8BrClN4O. The highest BCUT2D eigenvalue weighted by molar-refractivity contribution is 9.10. The van der Waals surface area contributed by atoms with Crippen molar-refractivity contribution in [1.82, 2.24) is 9.78 Å². The fourth-order valence-electron chi connectivity index (χ4n) is 1.40. The summed E-state index contributed by atoms with van der Waals surface area (Å²) in [6.45, 7) is 0. The van der Waals surface area contributed by atoms with Gasteiger partial charge in [-0.15, -0.1) is 0 Å². The van der Waals surface area contributed by atoms with Crippen LogP contribution in [0.5, 0.6) is 0 Å². The Bertz CT molecular complexity index is 581. The van der Waals surface area contributed by atoms with Gasteiger partial charge in [-0.2, -0.15) is 5.10 Å². The Morgan fingerprint density at radius 3 is 2.88 bits per heavy atom. The smallest absolute Gasteiger partial charge is 0.172 e. The standard InChI is InChI=1S/C10H8BrClN4O/c11-6-1-2-8(10(13)15-17)9(3-6)16-5-7(12)4-14-16/h1-5,17H,(H2,13,15). The molecule has 7 heteroatoms. The summed E-state index contributed by atoms with van der Waals surface area (Å²) in [5, 5.41) is 16.3. The fraction of sp³-hybridized carbons (Fsp3) is 0. The Balaban J connectivity index is 2.62.